The van der Waals surface area contributed by atoms with E-state index in [1.165, 1.54) is 13.1 Å². The molecular formula is C19H18N4O4. The van der Waals surface area contributed by atoms with Gasteiger partial charge in [0.25, 0.3) is 5.91 Å². The SMILES string of the molecule is CC(=O)c1cc2c(cc1NC(=O)c1cnc3c(cnn3C(C)C)c1)OCO2. The average molecular weight is 366 g/mol. The van der Waals surface area contributed by atoms with E-state index < -0.39 is 0 Å². The van der Waals surface area contributed by atoms with Gasteiger partial charge in [-0.3, -0.25) is 9.59 Å². The number of rotatable bonds is 4. The molecule has 0 unspecified atom stereocenters. The van der Waals surface area contributed by atoms with Crippen molar-refractivity contribution in [3.8, 4) is 11.5 Å². The van der Waals surface area contributed by atoms with Gasteiger partial charge in [-0.1, -0.05) is 0 Å². The van der Waals surface area contributed by atoms with E-state index in [9.17, 15) is 9.59 Å². The summed E-state index contributed by atoms with van der Waals surface area (Å²) in [7, 11) is 0. The van der Waals surface area contributed by atoms with Crippen LogP contribution in [0.1, 0.15) is 47.5 Å². The number of Topliss-reactive ketones (excluding diaryl/α,β-unsaturated/α-hetero) is 1. The minimum atomic E-state index is -0.372. The fraction of sp³-hybridized carbons (Fsp3) is 0.263. The molecule has 138 valence electrons. The van der Waals surface area contributed by atoms with Crippen molar-refractivity contribution in [1.82, 2.24) is 14.8 Å². The van der Waals surface area contributed by atoms with E-state index in [0.717, 1.165) is 5.39 Å². The van der Waals surface area contributed by atoms with Gasteiger partial charge in [-0.05, 0) is 32.9 Å². The number of nitrogens with zero attached hydrogens (tertiary/aromatic N) is 3. The molecule has 0 aliphatic carbocycles. The molecule has 8 nitrogen and oxygen atoms in total. The number of ether oxygens (including phenoxy) is 2. The van der Waals surface area contributed by atoms with Crippen LogP contribution in [0.15, 0.2) is 30.6 Å². The fourth-order valence-corrected chi connectivity index (χ4v) is 2.97. The minimum absolute atomic E-state index is 0.0878. The van der Waals surface area contributed by atoms with Gasteiger partial charge < -0.3 is 14.8 Å². The maximum Gasteiger partial charge on any atom is 0.257 e. The monoisotopic (exact) mass is 366 g/mol. The van der Waals surface area contributed by atoms with E-state index in [0.29, 0.717) is 34.0 Å². The van der Waals surface area contributed by atoms with Gasteiger partial charge in [0.1, 0.15) is 0 Å². The summed E-state index contributed by atoms with van der Waals surface area (Å²) >= 11 is 0. The number of ketones is 1. The minimum Gasteiger partial charge on any atom is -0.454 e. The van der Waals surface area contributed by atoms with E-state index in [-0.39, 0.29) is 24.5 Å². The van der Waals surface area contributed by atoms with E-state index in [1.54, 1.807) is 29.1 Å². The smallest absolute Gasteiger partial charge is 0.257 e. The second-order valence-corrected chi connectivity index (χ2v) is 6.58. The highest BCUT2D eigenvalue weighted by molar-refractivity contribution is 6.10. The highest BCUT2D eigenvalue weighted by Crippen LogP contribution is 2.37. The van der Waals surface area contributed by atoms with Crippen LogP contribution in [-0.2, 0) is 0 Å². The molecule has 1 aliphatic rings. The predicted molar refractivity (Wildman–Crippen MR) is 98.4 cm³/mol. The van der Waals surface area contributed by atoms with Crippen LogP contribution in [0.25, 0.3) is 11.0 Å². The van der Waals surface area contributed by atoms with Gasteiger partial charge in [-0.2, -0.15) is 5.10 Å². The molecule has 2 aromatic heterocycles. The lowest BCUT2D eigenvalue weighted by Gasteiger charge is -2.11. The molecule has 0 radical (unpaired) electrons. The standard InChI is InChI=1S/C19H18N4O4/c1-10(2)23-18-12(8-21-23)4-13(7-20-18)19(25)22-15-6-17-16(26-9-27-17)5-14(15)11(3)24/h4-8,10H,9H2,1-3H3,(H,22,25). The number of benzene rings is 1. The topological polar surface area (TPSA) is 95.3 Å². The molecule has 0 saturated carbocycles. The number of amides is 1. The van der Waals surface area contributed by atoms with Crippen LogP contribution >= 0.6 is 0 Å². The first-order valence-electron chi connectivity index (χ1n) is 8.53. The summed E-state index contributed by atoms with van der Waals surface area (Å²) in [4.78, 5) is 29.0. The Bertz CT molecular complexity index is 1070. The van der Waals surface area contributed by atoms with Crippen LogP contribution in [0.5, 0.6) is 11.5 Å². The van der Waals surface area contributed by atoms with Gasteiger partial charge in [-0.15, -0.1) is 0 Å². The Morgan fingerprint density at radius 3 is 2.59 bits per heavy atom. The number of hydrogen-bond acceptors (Lipinski definition) is 6. The van der Waals surface area contributed by atoms with Crippen LogP contribution in [0.4, 0.5) is 5.69 Å². The Balaban J connectivity index is 1.66. The molecule has 4 rings (SSSR count). The zero-order chi connectivity index (χ0) is 19.1. The van der Waals surface area contributed by atoms with Crippen LogP contribution in [0.2, 0.25) is 0 Å². The molecule has 0 bridgehead atoms. The van der Waals surface area contributed by atoms with Gasteiger partial charge in [0.2, 0.25) is 6.79 Å². The van der Waals surface area contributed by atoms with Crippen molar-refractivity contribution >= 4 is 28.4 Å². The molecule has 1 aromatic carbocycles. The normalized spacial score (nSPS) is 12.6. The lowest BCUT2D eigenvalue weighted by atomic mass is 10.1. The van der Waals surface area contributed by atoms with Crippen molar-refractivity contribution in [1.29, 1.82) is 0 Å². The highest BCUT2D eigenvalue weighted by Gasteiger charge is 2.21. The Morgan fingerprint density at radius 2 is 1.89 bits per heavy atom. The number of pyridine rings is 1. The maximum absolute atomic E-state index is 12.7. The zero-order valence-corrected chi connectivity index (χ0v) is 15.1. The van der Waals surface area contributed by atoms with Crippen LogP contribution < -0.4 is 14.8 Å². The summed E-state index contributed by atoms with van der Waals surface area (Å²) < 4.78 is 12.4. The first kappa shape index (κ1) is 17.0. The van der Waals surface area contributed by atoms with E-state index in [4.69, 9.17) is 9.47 Å². The molecule has 1 amide bonds. The summed E-state index contributed by atoms with van der Waals surface area (Å²) in [6.07, 6.45) is 3.18. The summed E-state index contributed by atoms with van der Waals surface area (Å²) in [6.45, 7) is 5.54. The van der Waals surface area contributed by atoms with Gasteiger partial charge in [0.05, 0.1) is 17.4 Å². The van der Waals surface area contributed by atoms with E-state index in [2.05, 4.69) is 15.4 Å². The fourth-order valence-electron chi connectivity index (χ4n) is 2.97. The molecule has 27 heavy (non-hydrogen) atoms. The summed E-state index contributed by atoms with van der Waals surface area (Å²) in [5.41, 5.74) is 1.82. The van der Waals surface area contributed by atoms with Crippen molar-refractivity contribution in [3.05, 3.63) is 41.7 Å². The van der Waals surface area contributed by atoms with Gasteiger partial charge in [0.15, 0.2) is 22.9 Å². The predicted octanol–water partition coefficient (Wildman–Crippen LogP) is 3.20. The van der Waals surface area contributed by atoms with Crippen molar-refractivity contribution < 1.29 is 19.1 Å². The number of hydrogen-bond donors (Lipinski definition) is 1. The Morgan fingerprint density at radius 1 is 1.15 bits per heavy atom. The number of nitrogens with one attached hydrogen (secondary N) is 1. The molecule has 0 spiro atoms. The average Bonchev–Trinajstić information content (AvgIpc) is 3.26. The largest absolute Gasteiger partial charge is 0.454 e. The molecule has 1 aliphatic heterocycles. The number of fused-ring (bicyclic) bond motifs is 2. The third kappa shape index (κ3) is 2.99. The lowest BCUT2D eigenvalue weighted by Crippen LogP contribution is -2.15. The second kappa shape index (κ2) is 6.39. The first-order chi connectivity index (χ1) is 12.9. The third-order valence-electron chi connectivity index (χ3n) is 4.32. The third-order valence-corrected chi connectivity index (χ3v) is 4.32. The zero-order valence-electron chi connectivity index (χ0n) is 15.1. The quantitative estimate of drug-likeness (QED) is 0.713. The number of anilines is 1. The number of aromatic nitrogens is 3. The van der Waals surface area contributed by atoms with Gasteiger partial charge in [0, 0.05) is 29.3 Å². The van der Waals surface area contributed by atoms with Gasteiger partial charge in [-0.25, -0.2) is 9.67 Å². The molecule has 8 heteroatoms. The summed E-state index contributed by atoms with van der Waals surface area (Å²) in [6, 6.07) is 5.07. The maximum atomic E-state index is 12.7. The summed E-state index contributed by atoms with van der Waals surface area (Å²) in [5, 5.41) is 7.84. The van der Waals surface area contributed by atoms with Crippen LogP contribution in [-0.4, -0.2) is 33.2 Å². The molecule has 3 aromatic rings. The van der Waals surface area contributed by atoms with Crippen molar-refractivity contribution in [2.75, 3.05) is 12.1 Å². The Labute approximate surface area is 155 Å². The molecular weight excluding hydrogens is 348 g/mol. The number of carbonyl (C=O) groups is 2. The number of carbonyl (C=O) groups excluding carboxylic acids is 2. The Kier molecular flexibility index (Phi) is 4.02. The summed E-state index contributed by atoms with van der Waals surface area (Å²) in [5.74, 6) is 0.419. The van der Waals surface area contributed by atoms with Crippen molar-refractivity contribution in [2.45, 2.75) is 26.8 Å². The van der Waals surface area contributed by atoms with Crippen LogP contribution in [0, 0.1) is 0 Å². The van der Waals surface area contributed by atoms with E-state index in [1.807, 2.05) is 13.8 Å². The second-order valence-electron chi connectivity index (χ2n) is 6.58. The molecule has 1 N–H and O–H groups in total. The molecule has 0 atom stereocenters. The first-order valence-corrected chi connectivity index (χ1v) is 8.53. The molecule has 3 heterocycles. The van der Waals surface area contributed by atoms with E-state index >= 15 is 0 Å². The Hall–Kier alpha value is -3.42. The van der Waals surface area contributed by atoms with Crippen LogP contribution in [0.3, 0.4) is 0 Å². The molecule has 0 saturated heterocycles. The molecule has 0 fully saturated rings. The highest BCUT2D eigenvalue weighted by atomic mass is 16.7. The van der Waals surface area contributed by atoms with Crippen molar-refractivity contribution in [3.63, 3.8) is 0 Å². The lowest BCUT2D eigenvalue weighted by molar-refractivity contribution is 0.101. The van der Waals surface area contributed by atoms with Gasteiger partial charge >= 0.3 is 0 Å². The van der Waals surface area contributed by atoms with Crippen molar-refractivity contribution in [2.24, 2.45) is 0 Å².